The molecule has 0 N–H and O–H groups in total. The highest BCUT2D eigenvalue weighted by Crippen LogP contribution is 2.61. The van der Waals surface area contributed by atoms with Crippen molar-refractivity contribution >= 4 is 33.7 Å². The van der Waals surface area contributed by atoms with Gasteiger partial charge in [0, 0.05) is 23.0 Å². The second-order valence-corrected chi connectivity index (χ2v) is 5.06. The molecule has 3 aliphatic carbocycles. The predicted molar refractivity (Wildman–Crippen MR) is 56.5 cm³/mol. The van der Waals surface area contributed by atoms with E-state index in [2.05, 4.69) is 12.2 Å². The van der Waals surface area contributed by atoms with Gasteiger partial charge in [0.1, 0.15) is 0 Å². The largest absolute Gasteiger partial charge is 0.276 e. The van der Waals surface area contributed by atoms with Crippen LogP contribution in [0.25, 0.3) is 0 Å². The monoisotopic (exact) mass is 242 g/mol. The third-order valence-electron chi connectivity index (χ3n) is 3.84. The molecule has 0 amide bonds. The minimum absolute atomic E-state index is 0.155. The molecule has 2 bridgehead atoms. The highest BCUT2D eigenvalue weighted by molar-refractivity contribution is 6.72. The van der Waals surface area contributed by atoms with Gasteiger partial charge in [0.05, 0.1) is 0 Å². The fourth-order valence-corrected chi connectivity index (χ4v) is 3.80. The average Bonchev–Trinajstić information content (AvgIpc) is 2.58. The van der Waals surface area contributed by atoms with E-state index in [0.29, 0.717) is 23.0 Å². The summed E-state index contributed by atoms with van der Waals surface area (Å²) in [5.41, 5.74) is 0.942. The molecule has 0 aliphatic heterocycles. The molecule has 78 valence electrons. The molecule has 1 saturated carbocycles. The number of carbonyl (C=O) groups excluding carboxylic acids is 2. The van der Waals surface area contributed by atoms with Crippen molar-refractivity contribution in [1.29, 1.82) is 0 Å². The minimum Gasteiger partial charge on any atom is -0.276 e. The summed E-state index contributed by atoms with van der Waals surface area (Å²) in [5, 5.41) is -1.03. The van der Waals surface area contributed by atoms with Crippen LogP contribution < -0.4 is 0 Å². The number of carbonyl (C=O) groups is 2. The summed E-state index contributed by atoms with van der Waals surface area (Å²) in [6, 6.07) is 0. The number of allylic oxidation sites excluding steroid dienone is 4. The maximum Gasteiger partial charge on any atom is 0.249 e. The van der Waals surface area contributed by atoms with E-state index in [9.17, 15) is 9.59 Å². The van der Waals surface area contributed by atoms with Gasteiger partial charge < -0.3 is 0 Å². The van der Waals surface area contributed by atoms with Crippen LogP contribution in [0.5, 0.6) is 0 Å². The normalized spacial score (nSPS) is 40.4. The van der Waals surface area contributed by atoms with Crippen LogP contribution in [0.2, 0.25) is 0 Å². The van der Waals surface area contributed by atoms with Crippen LogP contribution in [0.15, 0.2) is 23.3 Å². The Labute approximate surface area is 96.9 Å². The van der Waals surface area contributed by atoms with E-state index in [1.165, 1.54) is 0 Å². The van der Waals surface area contributed by atoms with E-state index in [1.54, 1.807) is 0 Å². The number of halogens is 2. The molecule has 0 radical (unpaired) electrons. The second-order valence-electron chi connectivity index (χ2n) is 4.37. The Balaban J connectivity index is 2.07. The Morgan fingerprint density at radius 3 is 1.73 bits per heavy atom. The summed E-state index contributed by atoms with van der Waals surface area (Å²) in [6.45, 7) is 0. The quantitative estimate of drug-likeness (QED) is 0.550. The molecule has 0 spiro atoms. The van der Waals surface area contributed by atoms with Crippen molar-refractivity contribution in [1.82, 2.24) is 0 Å². The number of fused-ring (bicyclic) bond motifs is 5. The maximum absolute atomic E-state index is 11.2. The van der Waals surface area contributed by atoms with Gasteiger partial charge in [-0.1, -0.05) is 12.2 Å². The Bertz CT molecular complexity index is 398. The Kier molecular flexibility index (Phi) is 1.89. The number of hydrogen-bond donors (Lipinski definition) is 0. The third-order valence-corrected chi connectivity index (χ3v) is 4.25. The molecule has 4 unspecified atom stereocenters. The first kappa shape index (κ1) is 9.61. The van der Waals surface area contributed by atoms with Crippen molar-refractivity contribution in [3.8, 4) is 0 Å². The summed E-state index contributed by atoms with van der Waals surface area (Å²) >= 11 is 11.0. The van der Waals surface area contributed by atoms with Crippen molar-refractivity contribution in [2.45, 2.75) is 6.42 Å². The summed E-state index contributed by atoms with van der Waals surface area (Å²) < 4.78 is 0. The minimum atomic E-state index is -0.513. The van der Waals surface area contributed by atoms with E-state index < -0.39 is 10.5 Å². The lowest BCUT2D eigenvalue weighted by Gasteiger charge is -2.39. The van der Waals surface area contributed by atoms with E-state index in [1.807, 2.05) is 0 Å². The van der Waals surface area contributed by atoms with Gasteiger partial charge in [-0.25, -0.2) is 0 Å². The maximum atomic E-state index is 11.2. The molecule has 15 heavy (non-hydrogen) atoms. The molecule has 3 aliphatic rings. The van der Waals surface area contributed by atoms with E-state index in [0.717, 1.165) is 6.42 Å². The third kappa shape index (κ3) is 1.07. The fourth-order valence-electron chi connectivity index (χ4n) is 3.35. The van der Waals surface area contributed by atoms with Gasteiger partial charge in [0.15, 0.2) is 0 Å². The summed E-state index contributed by atoms with van der Waals surface area (Å²) in [5.74, 6) is 1.08. The molecular weight excluding hydrogens is 235 g/mol. The molecule has 4 heteroatoms. The zero-order valence-corrected chi connectivity index (χ0v) is 9.26. The molecule has 0 aromatic carbocycles. The molecule has 0 heterocycles. The summed E-state index contributed by atoms with van der Waals surface area (Å²) in [6.07, 6.45) is 5.28. The Morgan fingerprint density at radius 1 is 1.00 bits per heavy atom. The Morgan fingerprint density at radius 2 is 1.40 bits per heavy atom. The zero-order chi connectivity index (χ0) is 10.7. The van der Waals surface area contributed by atoms with Crippen LogP contribution in [-0.4, -0.2) is 10.5 Å². The van der Waals surface area contributed by atoms with Gasteiger partial charge >= 0.3 is 0 Å². The van der Waals surface area contributed by atoms with Gasteiger partial charge in [-0.2, -0.15) is 0 Å². The topological polar surface area (TPSA) is 34.1 Å². The van der Waals surface area contributed by atoms with Crippen LogP contribution in [0.3, 0.4) is 0 Å². The smallest absolute Gasteiger partial charge is 0.249 e. The molecule has 3 rings (SSSR count). The van der Waals surface area contributed by atoms with Crippen molar-refractivity contribution < 1.29 is 9.59 Å². The first-order chi connectivity index (χ1) is 7.11. The molecule has 4 atom stereocenters. The van der Waals surface area contributed by atoms with Crippen LogP contribution in [0.4, 0.5) is 0 Å². The number of rotatable bonds is 2. The predicted octanol–water partition coefficient (Wildman–Crippen LogP) is 2.27. The van der Waals surface area contributed by atoms with Gasteiger partial charge in [-0.3, -0.25) is 9.59 Å². The van der Waals surface area contributed by atoms with Gasteiger partial charge in [0.2, 0.25) is 10.5 Å². The van der Waals surface area contributed by atoms with E-state index in [-0.39, 0.29) is 11.8 Å². The fraction of sp³-hybridized carbons (Fsp3) is 0.455. The molecule has 2 nitrogen and oxygen atoms in total. The van der Waals surface area contributed by atoms with Crippen LogP contribution in [-0.2, 0) is 9.59 Å². The van der Waals surface area contributed by atoms with E-state index >= 15 is 0 Å². The van der Waals surface area contributed by atoms with E-state index in [4.69, 9.17) is 23.2 Å². The molecule has 0 aromatic rings. The zero-order valence-electron chi connectivity index (χ0n) is 7.74. The Hall–Kier alpha value is -0.600. The second kappa shape index (κ2) is 2.96. The average molecular weight is 243 g/mol. The number of hydrogen-bond acceptors (Lipinski definition) is 2. The lowest BCUT2D eigenvalue weighted by atomic mass is 9.64. The molecule has 0 saturated heterocycles. The SMILES string of the molecule is O=C(Cl)C1=C(C(=O)Cl)C2C3C=CC(C3)C12. The first-order valence-electron chi connectivity index (χ1n) is 4.93. The lowest BCUT2D eigenvalue weighted by Crippen LogP contribution is -2.38. The molecule has 0 aromatic heterocycles. The molecular formula is C11H8Cl2O2. The van der Waals surface area contributed by atoms with Gasteiger partial charge in [0.25, 0.3) is 0 Å². The standard InChI is InChI=1S/C11H8Cl2O2/c12-10(14)8-6-4-1-2-5(3-4)7(6)9(8)11(13)15/h1-2,4-7H,3H2. The van der Waals surface area contributed by atoms with Crippen molar-refractivity contribution in [2.24, 2.45) is 23.7 Å². The van der Waals surface area contributed by atoms with Gasteiger partial charge in [-0.05, 0) is 41.5 Å². The van der Waals surface area contributed by atoms with Crippen molar-refractivity contribution in [2.75, 3.05) is 0 Å². The van der Waals surface area contributed by atoms with Crippen LogP contribution in [0.1, 0.15) is 6.42 Å². The van der Waals surface area contributed by atoms with Gasteiger partial charge in [-0.15, -0.1) is 0 Å². The van der Waals surface area contributed by atoms with Crippen LogP contribution in [0, 0.1) is 23.7 Å². The first-order valence-corrected chi connectivity index (χ1v) is 5.69. The highest BCUT2D eigenvalue weighted by atomic mass is 35.5. The summed E-state index contributed by atoms with van der Waals surface area (Å²) in [4.78, 5) is 22.5. The van der Waals surface area contributed by atoms with Crippen molar-refractivity contribution in [3.63, 3.8) is 0 Å². The lowest BCUT2D eigenvalue weighted by molar-refractivity contribution is -0.113. The highest BCUT2D eigenvalue weighted by Gasteiger charge is 2.57. The van der Waals surface area contributed by atoms with Crippen molar-refractivity contribution in [3.05, 3.63) is 23.3 Å². The molecule has 1 fully saturated rings. The summed E-state index contributed by atoms with van der Waals surface area (Å²) in [7, 11) is 0. The van der Waals surface area contributed by atoms with Crippen LogP contribution >= 0.6 is 23.2 Å².